The zero-order chi connectivity index (χ0) is 18.0. The van der Waals surface area contributed by atoms with E-state index in [2.05, 4.69) is 46.5 Å². The maximum Gasteiger partial charge on any atom is 0.119 e. The lowest BCUT2D eigenvalue weighted by atomic mass is 10.1. The van der Waals surface area contributed by atoms with Gasteiger partial charge in [-0.05, 0) is 49.2 Å². The Labute approximate surface area is 156 Å². The van der Waals surface area contributed by atoms with Gasteiger partial charge >= 0.3 is 0 Å². The van der Waals surface area contributed by atoms with E-state index in [0.717, 1.165) is 51.4 Å². The first-order chi connectivity index (χ1) is 12.8. The highest BCUT2D eigenvalue weighted by Crippen LogP contribution is 2.15. The van der Waals surface area contributed by atoms with Crippen LogP contribution < -0.4 is 10.1 Å². The third kappa shape index (κ3) is 6.09. The molecule has 0 saturated carbocycles. The Morgan fingerprint density at radius 1 is 1.15 bits per heavy atom. The number of nitrogens with zero attached hydrogens (tertiary/aromatic N) is 2. The van der Waals surface area contributed by atoms with E-state index in [-0.39, 0.29) is 0 Å². The van der Waals surface area contributed by atoms with Crippen LogP contribution in [0, 0.1) is 0 Å². The Bertz CT molecular complexity index is 645. The largest absolute Gasteiger partial charge is 0.492 e. The zero-order valence-corrected chi connectivity index (χ0v) is 15.6. The fourth-order valence-corrected chi connectivity index (χ4v) is 3.22. The van der Waals surface area contributed by atoms with Crippen LogP contribution in [0.4, 0.5) is 0 Å². The third-order valence-electron chi connectivity index (χ3n) is 4.81. The average molecular weight is 355 g/mol. The molecule has 0 spiro atoms. The molecule has 0 amide bonds. The summed E-state index contributed by atoms with van der Waals surface area (Å²) in [7, 11) is 2.18. The molecule has 0 radical (unpaired) electrons. The van der Waals surface area contributed by atoms with Crippen LogP contribution in [0.1, 0.15) is 24.0 Å². The summed E-state index contributed by atoms with van der Waals surface area (Å²) in [6.45, 7) is 5.03. The summed E-state index contributed by atoms with van der Waals surface area (Å²) < 4.78 is 11.4. The standard InChI is InChI=1S/C21H29N3O2/c1-24(20-7-11-25-12-8-20)10-13-26-21-6-2-4-18(14-21)15-23-17-19-5-3-9-22-16-19/h2-6,9,14,16,20,23H,7-8,10-13,15,17H2,1H3. The quantitative estimate of drug-likeness (QED) is 0.749. The van der Waals surface area contributed by atoms with Gasteiger partial charge in [-0.15, -0.1) is 0 Å². The molecule has 1 N–H and O–H groups in total. The molecule has 0 unspecified atom stereocenters. The molecule has 2 heterocycles. The lowest BCUT2D eigenvalue weighted by molar-refractivity contribution is 0.0392. The van der Waals surface area contributed by atoms with Crippen molar-refractivity contribution in [2.45, 2.75) is 32.0 Å². The summed E-state index contributed by atoms with van der Waals surface area (Å²) in [5.74, 6) is 0.936. The Morgan fingerprint density at radius 3 is 2.77 bits per heavy atom. The van der Waals surface area contributed by atoms with E-state index in [1.54, 1.807) is 6.20 Å². The molecule has 1 aliphatic rings. The van der Waals surface area contributed by atoms with E-state index in [1.165, 1.54) is 11.1 Å². The van der Waals surface area contributed by atoms with Crippen molar-refractivity contribution in [2.75, 3.05) is 33.4 Å². The van der Waals surface area contributed by atoms with E-state index in [4.69, 9.17) is 9.47 Å². The van der Waals surface area contributed by atoms with Crippen LogP contribution in [0.2, 0.25) is 0 Å². The van der Waals surface area contributed by atoms with E-state index >= 15 is 0 Å². The topological polar surface area (TPSA) is 46.6 Å². The highest BCUT2D eigenvalue weighted by atomic mass is 16.5. The second kappa shape index (κ2) is 10.3. The van der Waals surface area contributed by atoms with Crippen molar-refractivity contribution in [3.05, 3.63) is 59.9 Å². The Balaban J connectivity index is 1.39. The number of likely N-dealkylation sites (N-methyl/N-ethyl adjacent to an activating group) is 1. The molecule has 2 aromatic rings. The van der Waals surface area contributed by atoms with Crippen LogP contribution in [0.3, 0.4) is 0 Å². The van der Waals surface area contributed by atoms with E-state index in [0.29, 0.717) is 12.6 Å². The van der Waals surface area contributed by atoms with Crippen molar-refractivity contribution in [2.24, 2.45) is 0 Å². The molecule has 1 fully saturated rings. The highest BCUT2D eigenvalue weighted by molar-refractivity contribution is 5.28. The van der Waals surface area contributed by atoms with Gasteiger partial charge in [-0.1, -0.05) is 18.2 Å². The maximum absolute atomic E-state index is 5.96. The minimum Gasteiger partial charge on any atom is -0.492 e. The number of aromatic nitrogens is 1. The molecule has 26 heavy (non-hydrogen) atoms. The molecule has 1 saturated heterocycles. The Kier molecular flexibility index (Phi) is 7.43. The van der Waals surface area contributed by atoms with Gasteiger partial charge in [0, 0.05) is 51.3 Å². The summed E-state index contributed by atoms with van der Waals surface area (Å²) in [5, 5.41) is 3.45. The van der Waals surface area contributed by atoms with Gasteiger partial charge in [0.2, 0.25) is 0 Å². The van der Waals surface area contributed by atoms with Gasteiger partial charge in [-0.3, -0.25) is 9.88 Å². The molecule has 0 atom stereocenters. The predicted molar refractivity (Wildman–Crippen MR) is 103 cm³/mol. The number of benzene rings is 1. The molecule has 5 nitrogen and oxygen atoms in total. The van der Waals surface area contributed by atoms with Gasteiger partial charge in [0.15, 0.2) is 0 Å². The van der Waals surface area contributed by atoms with E-state index < -0.39 is 0 Å². The van der Waals surface area contributed by atoms with Gasteiger partial charge in [0.25, 0.3) is 0 Å². The summed E-state index contributed by atoms with van der Waals surface area (Å²) >= 11 is 0. The molecule has 1 aromatic carbocycles. The Hall–Kier alpha value is -1.95. The molecule has 1 aromatic heterocycles. The van der Waals surface area contributed by atoms with Gasteiger partial charge < -0.3 is 14.8 Å². The minimum atomic E-state index is 0.621. The van der Waals surface area contributed by atoms with Crippen LogP contribution >= 0.6 is 0 Å². The summed E-state index contributed by atoms with van der Waals surface area (Å²) in [5.41, 5.74) is 2.42. The predicted octanol–water partition coefficient (Wildman–Crippen LogP) is 2.86. The first-order valence-electron chi connectivity index (χ1n) is 9.40. The number of hydrogen-bond donors (Lipinski definition) is 1. The molecule has 5 heteroatoms. The van der Waals surface area contributed by atoms with Gasteiger partial charge in [-0.2, -0.15) is 0 Å². The second-order valence-electron chi connectivity index (χ2n) is 6.78. The number of nitrogens with one attached hydrogen (secondary N) is 1. The first-order valence-corrected chi connectivity index (χ1v) is 9.40. The first kappa shape index (κ1) is 18.8. The van der Waals surface area contributed by atoms with Crippen molar-refractivity contribution in [1.82, 2.24) is 15.2 Å². The fraction of sp³-hybridized carbons (Fsp3) is 0.476. The van der Waals surface area contributed by atoms with Crippen molar-refractivity contribution < 1.29 is 9.47 Å². The van der Waals surface area contributed by atoms with Crippen molar-refractivity contribution in [3.8, 4) is 5.75 Å². The van der Waals surface area contributed by atoms with E-state index in [1.807, 2.05) is 18.3 Å². The number of rotatable bonds is 9. The minimum absolute atomic E-state index is 0.621. The van der Waals surface area contributed by atoms with Crippen LogP contribution in [-0.2, 0) is 17.8 Å². The monoisotopic (exact) mass is 355 g/mol. The third-order valence-corrected chi connectivity index (χ3v) is 4.81. The van der Waals surface area contributed by atoms with Gasteiger partial charge in [0.05, 0.1) is 0 Å². The number of hydrogen-bond acceptors (Lipinski definition) is 5. The molecule has 140 valence electrons. The summed E-state index contributed by atoms with van der Waals surface area (Å²) in [4.78, 5) is 6.53. The molecule has 1 aliphatic heterocycles. The van der Waals surface area contributed by atoms with Crippen LogP contribution in [0.25, 0.3) is 0 Å². The normalized spacial score (nSPS) is 15.3. The van der Waals surface area contributed by atoms with Crippen molar-refractivity contribution >= 4 is 0 Å². The Morgan fingerprint density at radius 2 is 1.96 bits per heavy atom. The SMILES string of the molecule is CN(CCOc1cccc(CNCc2cccnc2)c1)C1CCOCC1. The van der Waals surface area contributed by atoms with Crippen molar-refractivity contribution in [1.29, 1.82) is 0 Å². The maximum atomic E-state index is 5.96. The molecular weight excluding hydrogens is 326 g/mol. The zero-order valence-electron chi connectivity index (χ0n) is 15.6. The molecule has 3 rings (SSSR count). The summed E-state index contributed by atoms with van der Waals surface area (Å²) in [6, 6.07) is 13.0. The molecule has 0 aliphatic carbocycles. The lowest BCUT2D eigenvalue weighted by Gasteiger charge is -2.31. The molecular formula is C21H29N3O2. The number of ether oxygens (including phenoxy) is 2. The average Bonchev–Trinajstić information content (AvgIpc) is 2.70. The smallest absolute Gasteiger partial charge is 0.119 e. The number of pyridine rings is 1. The lowest BCUT2D eigenvalue weighted by Crippen LogP contribution is -2.38. The second-order valence-corrected chi connectivity index (χ2v) is 6.78. The van der Waals surface area contributed by atoms with Gasteiger partial charge in [0.1, 0.15) is 12.4 Å². The van der Waals surface area contributed by atoms with E-state index in [9.17, 15) is 0 Å². The van der Waals surface area contributed by atoms with Crippen LogP contribution in [0.15, 0.2) is 48.8 Å². The fourth-order valence-electron chi connectivity index (χ4n) is 3.22. The van der Waals surface area contributed by atoms with Crippen molar-refractivity contribution in [3.63, 3.8) is 0 Å². The molecule has 0 bridgehead atoms. The van der Waals surface area contributed by atoms with Crippen LogP contribution in [0.5, 0.6) is 5.75 Å². The van der Waals surface area contributed by atoms with Gasteiger partial charge in [-0.25, -0.2) is 0 Å². The van der Waals surface area contributed by atoms with Crippen LogP contribution in [-0.4, -0.2) is 49.3 Å². The summed E-state index contributed by atoms with van der Waals surface area (Å²) in [6.07, 6.45) is 5.93. The highest BCUT2D eigenvalue weighted by Gasteiger charge is 2.17.